The fraction of sp³-hybridized carbons (Fsp3) is 0.294. The maximum Gasteiger partial charge on any atom is 0.0491 e. The van der Waals surface area contributed by atoms with Crippen LogP contribution in [0.3, 0.4) is 0 Å². The molecule has 0 aliphatic carbocycles. The van der Waals surface area contributed by atoms with E-state index in [9.17, 15) is 0 Å². The Morgan fingerprint density at radius 1 is 0.895 bits per heavy atom. The second kappa shape index (κ2) is 4.24. The van der Waals surface area contributed by atoms with Crippen LogP contribution >= 0.6 is 0 Å². The molecule has 1 heterocycles. The minimum Gasteiger partial charge on any atom is -0.344 e. The Kier molecular flexibility index (Phi) is 2.79. The largest absolute Gasteiger partial charge is 0.344 e. The van der Waals surface area contributed by atoms with Crippen molar-refractivity contribution >= 4 is 29.9 Å². The van der Waals surface area contributed by atoms with Crippen LogP contribution in [0.2, 0.25) is 19.6 Å². The Hall–Kier alpha value is -1.54. The van der Waals surface area contributed by atoms with Crippen LogP contribution in [0.4, 0.5) is 0 Å². The predicted molar refractivity (Wildman–Crippen MR) is 87.5 cm³/mol. The first kappa shape index (κ1) is 12.5. The Morgan fingerprint density at radius 2 is 1.58 bits per heavy atom. The average Bonchev–Trinajstić information content (AvgIpc) is 2.62. The summed E-state index contributed by atoms with van der Waals surface area (Å²) in [6.07, 6.45) is 0. The first-order valence-electron chi connectivity index (χ1n) is 6.92. The normalized spacial score (nSPS) is 12.4. The van der Waals surface area contributed by atoms with Gasteiger partial charge in [-0.25, -0.2) is 0 Å². The Labute approximate surface area is 115 Å². The summed E-state index contributed by atoms with van der Waals surface area (Å²) in [6, 6.07) is 16.9. The van der Waals surface area contributed by atoms with Crippen LogP contribution in [0.25, 0.3) is 21.8 Å². The zero-order valence-corrected chi connectivity index (χ0v) is 13.2. The quantitative estimate of drug-likeness (QED) is 0.590. The van der Waals surface area contributed by atoms with Crippen LogP contribution in [0, 0.1) is 0 Å². The standard InChI is InChI=1S/C17H21NSi/c1-18-16-8-6-5-7-14(16)15-10-9-13(11-17(15)18)12-19(2,3)4/h5-11H,12H2,1-4H3. The second-order valence-corrected chi connectivity index (χ2v) is 12.1. The zero-order valence-electron chi connectivity index (χ0n) is 12.2. The van der Waals surface area contributed by atoms with Crippen LogP contribution < -0.4 is 0 Å². The molecule has 0 aliphatic heterocycles. The number of aromatic nitrogens is 1. The van der Waals surface area contributed by atoms with Crippen LogP contribution in [-0.2, 0) is 13.1 Å². The summed E-state index contributed by atoms with van der Waals surface area (Å²) in [5.41, 5.74) is 4.16. The Balaban J connectivity index is 2.23. The molecule has 0 unspecified atom stereocenters. The van der Waals surface area contributed by atoms with E-state index in [1.165, 1.54) is 33.4 Å². The fourth-order valence-corrected chi connectivity index (χ4v) is 4.37. The lowest BCUT2D eigenvalue weighted by Crippen LogP contribution is -2.23. The first-order chi connectivity index (χ1) is 8.96. The van der Waals surface area contributed by atoms with Crippen LogP contribution in [0.1, 0.15) is 5.56 Å². The molecule has 19 heavy (non-hydrogen) atoms. The third-order valence-corrected chi connectivity index (χ3v) is 5.18. The van der Waals surface area contributed by atoms with Gasteiger partial charge in [0.1, 0.15) is 0 Å². The summed E-state index contributed by atoms with van der Waals surface area (Å²) >= 11 is 0. The summed E-state index contributed by atoms with van der Waals surface area (Å²) < 4.78 is 2.32. The topological polar surface area (TPSA) is 4.93 Å². The van der Waals surface area contributed by atoms with E-state index in [0.717, 1.165) is 0 Å². The number of hydrogen-bond donors (Lipinski definition) is 0. The summed E-state index contributed by atoms with van der Waals surface area (Å²) in [6.45, 7) is 7.29. The summed E-state index contributed by atoms with van der Waals surface area (Å²) in [5, 5.41) is 2.73. The van der Waals surface area contributed by atoms with Gasteiger partial charge in [-0.1, -0.05) is 50.0 Å². The highest BCUT2D eigenvalue weighted by Gasteiger charge is 2.15. The van der Waals surface area contributed by atoms with Gasteiger partial charge in [0.05, 0.1) is 0 Å². The van der Waals surface area contributed by atoms with Gasteiger partial charge in [-0.2, -0.15) is 0 Å². The molecule has 3 aromatic rings. The molecule has 0 amide bonds. The highest BCUT2D eigenvalue weighted by Crippen LogP contribution is 2.29. The molecule has 3 rings (SSSR count). The maximum absolute atomic E-state index is 2.43. The van der Waals surface area contributed by atoms with Gasteiger partial charge >= 0.3 is 0 Å². The smallest absolute Gasteiger partial charge is 0.0491 e. The molecule has 0 spiro atoms. The average molecular weight is 267 g/mol. The number of aryl methyl sites for hydroxylation is 1. The van der Waals surface area contributed by atoms with Crippen molar-refractivity contribution in [3.05, 3.63) is 48.0 Å². The number of fused-ring (bicyclic) bond motifs is 3. The molecule has 2 heteroatoms. The molecule has 98 valence electrons. The van der Waals surface area contributed by atoms with Crippen molar-refractivity contribution in [1.82, 2.24) is 4.57 Å². The molecule has 0 bridgehead atoms. The van der Waals surface area contributed by atoms with Gasteiger partial charge in [-0.15, -0.1) is 0 Å². The highest BCUT2D eigenvalue weighted by molar-refractivity contribution is 6.75. The van der Waals surface area contributed by atoms with Gasteiger partial charge in [0.15, 0.2) is 0 Å². The lowest BCUT2D eigenvalue weighted by molar-refractivity contribution is 1.01. The SMILES string of the molecule is Cn1c2ccccc2c2ccc(C[Si](C)(C)C)cc21. The van der Waals surface area contributed by atoms with Crippen molar-refractivity contribution < 1.29 is 0 Å². The maximum atomic E-state index is 2.43. The molecule has 0 N–H and O–H groups in total. The summed E-state index contributed by atoms with van der Waals surface area (Å²) in [5.74, 6) is 0. The minimum atomic E-state index is -1.05. The monoisotopic (exact) mass is 267 g/mol. The Morgan fingerprint density at radius 3 is 2.32 bits per heavy atom. The van der Waals surface area contributed by atoms with Gasteiger partial charge < -0.3 is 4.57 Å². The van der Waals surface area contributed by atoms with E-state index in [2.05, 4.69) is 73.7 Å². The predicted octanol–water partition coefficient (Wildman–Crippen LogP) is 4.75. The zero-order chi connectivity index (χ0) is 13.6. The molecule has 0 aliphatic rings. The van der Waals surface area contributed by atoms with Crippen molar-refractivity contribution in [3.63, 3.8) is 0 Å². The third kappa shape index (κ3) is 2.21. The van der Waals surface area contributed by atoms with Crippen molar-refractivity contribution in [3.8, 4) is 0 Å². The van der Waals surface area contributed by atoms with E-state index in [1.807, 2.05) is 0 Å². The van der Waals surface area contributed by atoms with Gasteiger partial charge in [0.2, 0.25) is 0 Å². The molecule has 0 fully saturated rings. The summed E-state index contributed by atoms with van der Waals surface area (Å²) in [7, 11) is 1.12. The van der Waals surface area contributed by atoms with Gasteiger partial charge in [0, 0.05) is 36.9 Å². The van der Waals surface area contributed by atoms with Crippen molar-refractivity contribution in [2.75, 3.05) is 0 Å². The van der Waals surface area contributed by atoms with E-state index >= 15 is 0 Å². The number of nitrogens with zero attached hydrogens (tertiary/aromatic N) is 1. The molecule has 0 saturated heterocycles. The molecule has 2 aromatic carbocycles. The third-order valence-electron chi connectivity index (χ3n) is 3.71. The summed E-state index contributed by atoms with van der Waals surface area (Å²) in [4.78, 5) is 0. The molecule has 0 radical (unpaired) electrons. The van der Waals surface area contributed by atoms with Gasteiger partial charge in [-0.05, 0) is 23.7 Å². The van der Waals surface area contributed by atoms with Crippen molar-refractivity contribution in [2.24, 2.45) is 7.05 Å². The fourth-order valence-electron chi connectivity index (χ4n) is 2.93. The van der Waals surface area contributed by atoms with E-state index < -0.39 is 8.07 Å². The molecule has 1 aromatic heterocycles. The highest BCUT2D eigenvalue weighted by atomic mass is 28.3. The number of hydrogen-bond acceptors (Lipinski definition) is 0. The van der Waals surface area contributed by atoms with E-state index in [0.29, 0.717) is 0 Å². The van der Waals surface area contributed by atoms with Gasteiger partial charge in [0.25, 0.3) is 0 Å². The molecule has 0 atom stereocenters. The Bertz CT molecular complexity index is 747. The minimum absolute atomic E-state index is 1.05. The number of rotatable bonds is 2. The van der Waals surface area contributed by atoms with Gasteiger partial charge in [-0.3, -0.25) is 0 Å². The van der Waals surface area contributed by atoms with E-state index in [1.54, 1.807) is 0 Å². The lowest BCUT2D eigenvalue weighted by atomic mass is 10.1. The van der Waals surface area contributed by atoms with Crippen molar-refractivity contribution in [2.45, 2.75) is 25.7 Å². The molecular formula is C17H21NSi. The number of benzene rings is 2. The second-order valence-electron chi connectivity index (χ2n) is 6.67. The van der Waals surface area contributed by atoms with E-state index in [-0.39, 0.29) is 0 Å². The first-order valence-corrected chi connectivity index (χ1v) is 10.6. The van der Waals surface area contributed by atoms with Crippen LogP contribution in [0.5, 0.6) is 0 Å². The number of para-hydroxylation sites is 1. The van der Waals surface area contributed by atoms with Crippen molar-refractivity contribution in [1.29, 1.82) is 0 Å². The van der Waals surface area contributed by atoms with E-state index in [4.69, 9.17) is 0 Å². The molecule has 0 saturated carbocycles. The van der Waals surface area contributed by atoms with Crippen LogP contribution in [-0.4, -0.2) is 12.6 Å². The molecule has 1 nitrogen and oxygen atoms in total. The van der Waals surface area contributed by atoms with Crippen LogP contribution in [0.15, 0.2) is 42.5 Å². The lowest BCUT2D eigenvalue weighted by Gasteiger charge is -2.15. The molecular weight excluding hydrogens is 246 g/mol.